The highest BCUT2D eigenvalue weighted by Crippen LogP contribution is 2.25. The fourth-order valence-corrected chi connectivity index (χ4v) is 3.61. The average Bonchev–Trinajstić information content (AvgIpc) is 3.44. The molecule has 2 aromatic carbocycles. The van der Waals surface area contributed by atoms with E-state index in [2.05, 4.69) is 10.6 Å². The second kappa shape index (κ2) is 8.25. The molecule has 0 spiro atoms. The van der Waals surface area contributed by atoms with Crippen LogP contribution in [0.1, 0.15) is 35.2 Å². The maximum atomic E-state index is 12.7. The molecule has 0 radical (unpaired) electrons. The summed E-state index contributed by atoms with van der Waals surface area (Å²) in [4.78, 5) is 38.9. The van der Waals surface area contributed by atoms with Gasteiger partial charge in [-0.2, -0.15) is 0 Å². The lowest BCUT2D eigenvalue weighted by Crippen LogP contribution is -2.28. The highest BCUT2D eigenvalue weighted by Gasteiger charge is 2.34. The largest absolute Gasteiger partial charge is 0.349 e. The van der Waals surface area contributed by atoms with E-state index in [1.165, 1.54) is 0 Å². The Labute approximate surface area is 174 Å². The first-order valence-corrected chi connectivity index (χ1v) is 10.1. The Hall–Kier alpha value is -2.86. The van der Waals surface area contributed by atoms with Crippen molar-refractivity contribution in [3.05, 3.63) is 64.7 Å². The van der Waals surface area contributed by atoms with Gasteiger partial charge in [-0.1, -0.05) is 35.9 Å². The number of halogens is 1. The Morgan fingerprint density at radius 1 is 1.10 bits per heavy atom. The second-order valence-corrected chi connectivity index (χ2v) is 7.99. The number of rotatable bonds is 6. The number of carbonyl (C=O) groups is 3. The molecule has 1 saturated heterocycles. The van der Waals surface area contributed by atoms with Gasteiger partial charge in [-0.25, -0.2) is 0 Å². The molecule has 2 aliphatic rings. The van der Waals surface area contributed by atoms with Gasteiger partial charge in [0.1, 0.15) is 0 Å². The number of amides is 3. The third kappa shape index (κ3) is 4.77. The number of likely N-dealkylation sites (tertiary alicyclic amines) is 1. The van der Waals surface area contributed by atoms with Gasteiger partial charge in [0, 0.05) is 41.8 Å². The summed E-state index contributed by atoms with van der Waals surface area (Å²) < 4.78 is 0. The summed E-state index contributed by atoms with van der Waals surface area (Å²) in [6.07, 6.45) is 2.20. The van der Waals surface area contributed by atoms with Crippen LogP contribution < -0.4 is 10.6 Å². The molecule has 1 atom stereocenters. The Balaban J connectivity index is 1.37. The molecule has 7 heteroatoms. The van der Waals surface area contributed by atoms with E-state index in [0.29, 0.717) is 29.4 Å². The molecule has 29 heavy (non-hydrogen) atoms. The highest BCUT2D eigenvalue weighted by molar-refractivity contribution is 6.31. The summed E-state index contributed by atoms with van der Waals surface area (Å²) in [5, 5.41) is 6.38. The fraction of sp³-hybridized carbons (Fsp3) is 0.318. The first-order valence-electron chi connectivity index (χ1n) is 9.72. The minimum absolute atomic E-state index is 0.0670. The van der Waals surface area contributed by atoms with Crippen LogP contribution in [0.4, 0.5) is 5.69 Å². The van der Waals surface area contributed by atoms with Crippen LogP contribution in [-0.2, 0) is 16.1 Å². The van der Waals surface area contributed by atoms with Crippen molar-refractivity contribution in [1.29, 1.82) is 0 Å². The van der Waals surface area contributed by atoms with Gasteiger partial charge in [0.25, 0.3) is 5.91 Å². The third-order valence-corrected chi connectivity index (χ3v) is 5.58. The first kappa shape index (κ1) is 19.5. The van der Waals surface area contributed by atoms with Crippen molar-refractivity contribution in [3.8, 4) is 0 Å². The van der Waals surface area contributed by atoms with Gasteiger partial charge in [-0.05, 0) is 42.7 Å². The smallest absolute Gasteiger partial charge is 0.251 e. The predicted molar refractivity (Wildman–Crippen MR) is 111 cm³/mol. The van der Waals surface area contributed by atoms with Crippen molar-refractivity contribution in [3.63, 3.8) is 0 Å². The summed E-state index contributed by atoms with van der Waals surface area (Å²) in [7, 11) is 0. The van der Waals surface area contributed by atoms with Crippen LogP contribution in [0.3, 0.4) is 0 Å². The lowest BCUT2D eigenvalue weighted by Gasteiger charge is -2.17. The van der Waals surface area contributed by atoms with E-state index in [4.69, 9.17) is 11.6 Å². The monoisotopic (exact) mass is 411 g/mol. The summed E-state index contributed by atoms with van der Waals surface area (Å²) in [6.45, 7) is 0.733. The number of hydrogen-bond donors (Lipinski definition) is 2. The minimum Gasteiger partial charge on any atom is -0.349 e. The normalized spacial score (nSPS) is 18.6. The van der Waals surface area contributed by atoms with Gasteiger partial charge in [-0.3, -0.25) is 14.4 Å². The van der Waals surface area contributed by atoms with E-state index in [1.54, 1.807) is 35.2 Å². The molecular formula is C22H22ClN3O3. The molecule has 0 unspecified atom stereocenters. The van der Waals surface area contributed by atoms with Crippen LogP contribution in [0.25, 0.3) is 0 Å². The molecule has 1 aliphatic carbocycles. The molecule has 4 rings (SSSR count). The van der Waals surface area contributed by atoms with Crippen molar-refractivity contribution in [2.75, 3.05) is 11.9 Å². The van der Waals surface area contributed by atoms with Crippen LogP contribution in [0, 0.1) is 5.92 Å². The van der Waals surface area contributed by atoms with E-state index < -0.39 is 5.92 Å². The van der Waals surface area contributed by atoms with Crippen LogP contribution in [0.2, 0.25) is 5.02 Å². The van der Waals surface area contributed by atoms with Crippen LogP contribution in [0.15, 0.2) is 48.5 Å². The Morgan fingerprint density at radius 2 is 1.90 bits per heavy atom. The van der Waals surface area contributed by atoms with E-state index in [-0.39, 0.29) is 30.2 Å². The lowest BCUT2D eigenvalue weighted by molar-refractivity contribution is -0.128. The summed E-state index contributed by atoms with van der Waals surface area (Å²) in [5.74, 6) is -0.859. The average molecular weight is 412 g/mol. The highest BCUT2D eigenvalue weighted by atomic mass is 35.5. The molecule has 1 saturated carbocycles. The Bertz CT molecular complexity index is 958. The maximum Gasteiger partial charge on any atom is 0.251 e. The van der Waals surface area contributed by atoms with Gasteiger partial charge in [0.05, 0.1) is 5.92 Å². The molecule has 2 N–H and O–H groups in total. The Kier molecular flexibility index (Phi) is 5.53. The number of benzene rings is 2. The number of nitrogens with zero attached hydrogens (tertiary/aromatic N) is 1. The molecule has 1 heterocycles. The van der Waals surface area contributed by atoms with E-state index in [0.717, 1.165) is 18.4 Å². The zero-order valence-corrected chi connectivity index (χ0v) is 16.6. The van der Waals surface area contributed by atoms with Crippen molar-refractivity contribution in [2.45, 2.75) is 31.8 Å². The number of hydrogen-bond acceptors (Lipinski definition) is 3. The molecule has 0 bridgehead atoms. The van der Waals surface area contributed by atoms with Gasteiger partial charge < -0.3 is 15.5 Å². The summed E-state index contributed by atoms with van der Waals surface area (Å²) in [6, 6.07) is 14.5. The molecule has 2 fully saturated rings. The fourth-order valence-electron chi connectivity index (χ4n) is 3.41. The number of anilines is 1. The van der Waals surface area contributed by atoms with Crippen LogP contribution in [0.5, 0.6) is 0 Å². The molecule has 0 aromatic heterocycles. The van der Waals surface area contributed by atoms with Crippen LogP contribution in [-0.4, -0.2) is 35.2 Å². The Morgan fingerprint density at radius 3 is 2.66 bits per heavy atom. The molecule has 3 amide bonds. The third-order valence-electron chi connectivity index (χ3n) is 5.21. The van der Waals surface area contributed by atoms with Crippen molar-refractivity contribution in [1.82, 2.24) is 10.2 Å². The van der Waals surface area contributed by atoms with Gasteiger partial charge in [0.15, 0.2) is 0 Å². The standard InChI is InChI=1S/C22H22ClN3O3/c23-19-7-2-1-4-15(19)12-26-13-16(11-20(26)27)22(29)25-18-6-3-5-14(10-18)21(28)24-17-8-9-17/h1-7,10,16-17H,8-9,11-13H2,(H,24,28)(H,25,29)/t16-/m0/s1. The molecule has 6 nitrogen and oxygen atoms in total. The minimum atomic E-state index is -0.436. The topological polar surface area (TPSA) is 78.5 Å². The van der Waals surface area contributed by atoms with Gasteiger partial charge in [-0.15, -0.1) is 0 Å². The van der Waals surface area contributed by atoms with Crippen LogP contribution >= 0.6 is 11.6 Å². The van der Waals surface area contributed by atoms with Crippen molar-refractivity contribution < 1.29 is 14.4 Å². The second-order valence-electron chi connectivity index (χ2n) is 7.58. The summed E-state index contributed by atoms with van der Waals surface area (Å²) >= 11 is 6.18. The predicted octanol–water partition coefficient (Wildman–Crippen LogP) is 3.22. The van der Waals surface area contributed by atoms with E-state index >= 15 is 0 Å². The lowest BCUT2D eigenvalue weighted by atomic mass is 10.1. The number of carbonyl (C=O) groups excluding carboxylic acids is 3. The molecular weight excluding hydrogens is 390 g/mol. The molecule has 150 valence electrons. The number of nitrogens with one attached hydrogen (secondary N) is 2. The zero-order chi connectivity index (χ0) is 20.4. The van der Waals surface area contributed by atoms with Crippen molar-refractivity contribution >= 4 is 35.0 Å². The first-order chi connectivity index (χ1) is 14.0. The van der Waals surface area contributed by atoms with Gasteiger partial charge in [0.2, 0.25) is 11.8 Å². The zero-order valence-electron chi connectivity index (χ0n) is 15.9. The van der Waals surface area contributed by atoms with Gasteiger partial charge >= 0.3 is 0 Å². The maximum absolute atomic E-state index is 12.7. The quantitative estimate of drug-likeness (QED) is 0.766. The molecule has 2 aromatic rings. The van der Waals surface area contributed by atoms with E-state index in [9.17, 15) is 14.4 Å². The van der Waals surface area contributed by atoms with Crippen molar-refractivity contribution in [2.24, 2.45) is 5.92 Å². The SMILES string of the molecule is O=C(NC1CC1)c1cccc(NC(=O)[C@H]2CC(=O)N(Cc3ccccc3Cl)C2)c1. The molecule has 1 aliphatic heterocycles. The van der Waals surface area contributed by atoms with E-state index in [1.807, 2.05) is 18.2 Å². The summed E-state index contributed by atoms with van der Waals surface area (Å²) in [5.41, 5.74) is 1.92.